The van der Waals surface area contributed by atoms with Gasteiger partial charge >= 0.3 is 11.9 Å². The number of nitrogens with zero attached hydrogens (tertiary/aromatic N) is 1. The van der Waals surface area contributed by atoms with Crippen molar-refractivity contribution >= 4 is 11.9 Å². The number of carboxylic acid groups (broad SMARTS) is 1. The van der Waals surface area contributed by atoms with Crippen LogP contribution in [0, 0.1) is 5.92 Å². The molecule has 0 rings (SSSR count). The fourth-order valence-electron chi connectivity index (χ4n) is 1.47. The maximum atomic E-state index is 11.5. The van der Waals surface area contributed by atoms with Crippen molar-refractivity contribution in [2.75, 3.05) is 33.8 Å². The van der Waals surface area contributed by atoms with Crippen LogP contribution < -0.4 is 0 Å². The summed E-state index contributed by atoms with van der Waals surface area (Å²) in [5.41, 5.74) is 0. The van der Waals surface area contributed by atoms with Gasteiger partial charge in [0.05, 0.1) is 33.0 Å². The Morgan fingerprint density at radius 2 is 1.89 bits per heavy atom. The Morgan fingerprint density at radius 3 is 2.39 bits per heavy atom. The minimum Gasteiger partial charge on any atom is -0.481 e. The third kappa shape index (κ3) is 8.06. The molecule has 0 saturated heterocycles. The summed E-state index contributed by atoms with van der Waals surface area (Å²) in [6, 6.07) is 0. The number of aliphatic carboxylic acids is 1. The van der Waals surface area contributed by atoms with Crippen molar-refractivity contribution in [1.82, 2.24) is 0 Å². The molecule has 0 aliphatic heterocycles. The first-order chi connectivity index (χ1) is 8.28. The number of hydrogen-bond acceptors (Lipinski definition) is 3. The van der Waals surface area contributed by atoms with Crippen LogP contribution in [0.2, 0.25) is 0 Å². The molecule has 0 heterocycles. The molecule has 0 aromatic carbocycles. The standard InChI is InChI=1S/C13H25NO4/c1-5-11(2)13(17)18-10-9-14(3,4)8-6-7-12(15)16/h11H,5-10H2,1-4H3/p+1. The molecule has 106 valence electrons. The molecule has 5 nitrogen and oxygen atoms in total. The molecule has 1 N–H and O–H groups in total. The van der Waals surface area contributed by atoms with Gasteiger partial charge in [0, 0.05) is 6.42 Å². The van der Waals surface area contributed by atoms with Crippen LogP contribution in [-0.4, -0.2) is 55.3 Å². The zero-order valence-corrected chi connectivity index (χ0v) is 11.9. The first kappa shape index (κ1) is 16.9. The van der Waals surface area contributed by atoms with Gasteiger partial charge in [-0.05, 0) is 6.42 Å². The highest BCUT2D eigenvalue weighted by Gasteiger charge is 2.18. The Morgan fingerprint density at radius 1 is 1.28 bits per heavy atom. The van der Waals surface area contributed by atoms with Crippen LogP contribution in [-0.2, 0) is 14.3 Å². The molecule has 0 bridgehead atoms. The van der Waals surface area contributed by atoms with Crippen molar-refractivity contribution in [2.45, 2.75) is 33.1 Å². The smallest absolute Gasteiger partial charge is 0.308 e. The van der Waals surface area contributed by atoms with E-state index in [-0.39, 0.29) is 18.3 Å². The molecule has 1 atom stereocenters. The average molecular weight is 260 g/mol. The summed E-state index contributed by atoms with van der Waals surface area (Å²) in [6.45, 7) is 5.69. The Balaban J connectivity index is 3.82. The number of carbonyl (C=O) groups excluding carboxylic acids is 1. The fourth-order valence-corrected chi connectivity index (χ4v) is 1.47. The van der Waals surface area contributed by atoms with E-state index in [2.05, 4.69) is 0 Å². The normalized spacial score (nSPS) is 13.1. The highest BCUT2D eigenvalue weighted by atomic mass is 16.5. The molecule has 0 aliphatic rings. The van der Waals surface area contributed by atoms with Gasteiger partial charge in [-0.1, -0.05) is 13.8 Å². The van der Waals surface area contributed by atoms with Gasteiger partial charge in [-0.2, -0.15) is 0 Å². The van der Waals surface area contributed by atoms with Crippen molar-refractivity contribution < 1.29 is 23.9 Å². The average Bonchev–Trinajstić information content (AvgIpc) is 2.26. The predicted molar refractivity (Wildman–Crippen MR) is 69.1 cm³/mol. The Bertz CT molecular complexity index is 276. The van der Waals surface area contributed by atoms with Crippen LogP contribution in [0.1, 0.15) is 33.1 Å². The van der Waals surface area contributed by atoms with E-state index in [9.17, 15) is 9.59 Å². The number of carboxylic acids is 1. The number of esters is 1. The second-order valence-corrected chi connectivity index (χ2v) is 5.36. The van der Waals surface area contributed by atoms with E-state index in [1.165, 1.54) is 0 Å². The largest absolute Gasteiger partial charge is 0.481 e. The molecule has 0 aliphatic carbocycles. The van der Waals surface area contributed by atoms with E-state index in [0.29, 0.717) is 24.1 Å². The summed E-state index contributed by atoms with van der Waals surface area (Å²) in [5.74, 6) is -0.964. The first-order valence-corrected chi connectivity index (χ1v) is 6.49. The highest BCUT2D eigenvalue weighted by Crippen LogP contribution is 2.05. The van der Waals surface area contributed by atoms with Gasteiger partial charge in [-0.3, -0.25) is 9.59 Å². The summed E-state index contributed by atoms with van der Waals surface area (Å²) in [5, 5.41) is 8.57. The van der Waals surface area contributed by atoms with Gasteiger partial charge in [0.15, 0.2) is 0 Å². The van der Waals surface area contributed by atoms with Gasteiger partial charge in [-0.15, -0.1) is 0 Å². The molecule has 0 radical (unpaired) electrons. The van der Waals surface area contributed by atoms with Gasteiger partial charge in [-0.25, -0.2) is 0 Å². The monoisotopic (exact) mass is 260 g/mol. The van der Waals surface area contributed by atoms with Crippen molar-refractivity contribution in [3.05, 3.63) is 0 Å². The minimum atomic E-state index is -0.766. The molecule has 5 heteroatoms. The summed E-state index contributed by atoms with van der Waals surface area (Å²) in [7, 11) is 4.03. The van der Waals surface area contributed by atoms with Crippen LogP contribution in [0.3, 0.4) is 0 Å². The lowest BCUT2D eigenvalue weighted by molar-refractivity contribution is -0.890. The Hall–Kier alpha value is -1.10. The zero-order valence-electron chi connectivity index (χ0n) is 11.9. The van der Waals surface area contributed by atoms with Crippen LogP contribution in [0.5, 0.6) is 0 Å². The quantitative estimate of drug-likeness (QED) is 0.504. The SMILES string of the molecule is CCC(C)C(=O)OCC[N+](C)(C)CCCC(=O)O. The first-order valence-electron chi connectivity index (χ1n) is 6.49. The van der Waals surface area contributed by atoms with E-state index in [1.54, 1.807) is 0 Å². The van der Waals surface area contributed by atoms with E-state index in [1.807, 2.05) is 27.9 Å². The molecule has 0 spiro atoms. The molecular formula is C13H26NO4+. The second kappa shape index (κ2) is 8.08. The van der Waals surface area contributed by atoms with E-state index >= 15 is 0 Å². The van der Waals surface area contributed by atoms with Gasteiger partial charge < -0.3 is 14.3 Å². The van der Waals surface area contributed by atoms with Crippen LogP contribution in [0.4, 0.5) is 0 Å². The number of rotatable bonds is 9. The summed E-state index contributed by atoms with van der Waals surface area (Å²) in [4.78, 5) is 21.9. The molecule has 0 fully saturated rings. The maximum absolute atomic E-state index is 11.5. The van der Waals surface area contributed by atoms with Crippen molar-refractivity contribution in [2.24, 2.45) is 5.92 Å². The van der Waals surface area contributed by atoms with Crippen LogP contribution >= 0.6 is 0 Å². The third-order valence-electron chi connectivity index (χ3n) is 3.11. The third-order valence-corrected chi connectivity index (χ3v) is 3.11. The minimum absolute atomic E-state index is 0.0485. The van der Waals surface area contributed by atoms with Crippen molar-refractivity contribution in [1.29, 1.82) is 0 Å². The van der Waals surface area contributed by atoms with E-state index < -0.39 is 5.97 Å². The van der Waals surface area contributed by atoms with Crippen LogP contribution in [0.25, 0.3) is 0 Å². The number of quaternary nitrogens is 1. The van der Waals surface area contributed by atoms with Gasteiger partial charge in [0.25, 0.3) is 0 Å². The van der Waals surface area contributed by atoms with E-state index in [4.69, 9.17) is 9.84 Å². The number of carbonyl (C=O) groups is 2. The molecule has 0 amide bonds. The fraction of sp³-hybridized carbons (Fsp3) is 0.846. The highest BCUT2D eigenvalue weighted by molar-refractivity contribution is 5.71. The number of ether oxygens (including phenoxy) is 1. The van der Waals surface area contributed by atoms with Gasteiger partial charge in [0.2, 0.25) is 0 Å². The Labute approximate surface area is 109 Å². The van der Waals surface area contributed by atoms with Gasteiger partial charge in [0.1, 0.15) is 13.2 Å². The lowest BCUT2D eigenvalue weighted by Gasteiger charge is -2.29. The van der Waals surface area contributed by atoms with Crippen LogP contribution in [0.15, 0.2) is 0 Å². The topological polar surface area (TPSA) is 63.6 Å². The summed E-state index contributed by atoms with van der Waals surface area (Å²) < 4.78 is 5.85. The molecule has 1 unspecified atom stereocenters. The van der Waals surface area contributed by atoms with Crippen molar-refractivity contribution in [3.8, 4) is 0 Å². The molecular weight excluding hydrogens is 234 g/mol. The summed E-state index contributed by atoms with van der Waals surface area (Å²) >= 11 is 0. The lowest BCUT2D eigenvalue weighted by Crippen LogP contribution is -2.43. The number of hydrogen-bond donors (Lipinski definition) is 1. The number of likely N-dealkylation sites (N-methyl/N-ethyl adjacent to an activating group) is 1. The maximum Gasteiger partial charge on any atom is 0.308 e. The lowest BCUT2D eigenvalue weighted by atomic mass is 10.1. The molecule has 0 aromatic rings. The molecule has 0 saturated carbocycles. The zero-order chi connectivity index (χ0) is 14.2. The summed E-state index contributed by atoms with van der Waals surface area (Å²) in [6.07, 6.45) is 1.62. The predicted octanol–water partition coefficient (Wildman–Crippen LogP) is 1.52. The second-order valence-electron chi connectivity index (χ2n) is 5.36. The Kier molecular flexibility index (Phi) is 7.59. The van der Waals surface area contributed by atoms with Crippen molar-refractivity contribution in [3.63, 3.8) is 0 Å². The molecule has 18 heavy (non-hydrogen) atoms. The molecule has 0 aromatic heterocycles. The van der Waals surface area contributed by atoms with E-state index in [0.717, 1.165) is 13.0 Å².